The highest BCUT2D eigenvalue weighted by Crippen LogP contribution is 2.23. The number of sulfone groups is 1. The van der Waals surface area contributed by atoms with E-state index < -0.39 is 16.4 Å². The van der Waals surface area contributed by atoms with Crippen LogP contribution in [0.15, 0.2) is 54.9 Å². The molecule has 12 heteroatoms. The van der Waals surface area contributed by atoms with Crippen molar-refractivity contribution in [3.63, 3.8) is 0 Å². The summed E-state index contributed by atoms with van der Waals surface area (Å²) in [6.07, 6.45) is 2.48. The Balaban J connectivity index is 1.34. The van der Waals surface area contributed by atoms with Gasteiger partial charge in [0, 0.05) is 25.2 Å². The fourth-order valence-corrected chi connectivity index (χ4v) is 5.04. The summed E-state index contributed by atoms with van der Waals surface area (Å²) in [6.45, 7) is -0.918. The summed E-state index contributed by atoms with van der Waals surface area (Å²) in [5, 5.41) is 11.0. The van der Waals surface area contributed by atoms with E-state index in [4.69, 9.17) is 0 Å². The van der Waals surface area contributed by atoms with Crippen LogP contribution in [0.4, 0.5) is 20.4 Å². The summed E-state index contributed by atoms with van der Waals surface area (Å²) in [5.41, 5.74) is 3.83. The van der Waals surface area contributed by atoms with Gasteiger partial charge in [0.25, 0.3) is 0 Å². The van der Waals surface area contributed by atoms with Gasteiger partial charge in [-0.05, 0) is 17.7 Å². The minimum Gasteiger partial charge on any atom is -0.320 e. The van der Waals surface area contributed by atoms with Crippen LogP contribution >= 0.6 is 0 Å². The molecule has 1 aliphatic heterocycles. The molecule has 5 rings (SSSR count). The molecule has 0 atom stereocenters. The molecular weight excluding hydrogens is 452 g/mol. The number of pyridine rings is 1. The second kappa shape index (κ2) is 8.52. The molecule has 0 unspecified atom stereocenters. The third kappa shape index (κ3) is 4.71. The number of benzene rings is 1. The molecule has 0 bridgehead atoms. The molecule has 1 saturated heterocycles. The van der Waals surface area contributed by atoms with Crippen LogP contribution in [0.2, 0.25) is 0 Å². The highest BCUT2D eigenvalue weighted by Gasteiger charge is 2.21. The van der Waals surface area contributed by atoms with Crippen LogP contribution in [-0.4, -0.2) is 62.3 Å². The number of alkyl halides is 2. The van der Waals surface area contributed by atoms with Crippen molar-refractivity contribution in [3.8, 4) is 11.3 Å². The number of nitrogens with one attached hydrogen (secondary N) is 1. The minimum atomic E-state index is -2.89. The maximum absolute atomic E-state index is 12.7. The van der Waals surface area contributed by atoms with Crippen molar-refractivity contribution < 1.29 is 17.2 Å². The molecule has 4 aromatic rings. The predicted octanol–water partition coefficient (Wildman–Crippen LogP) is 2.96. The van der Waals surface area contributed by atoms with E-state index in [1.54, 1.807) is 4.52 Å². The lowest BCUT2D eigenvalue weighted by Gasteiger charge is -2.26. The highest BCUT2D eigenvalue weighted by atomic mass is 32.2. The van der Waals surface area contributed by atoms with Crippen molar-refractivity contribution in [2.24, 2.45) is 0 Å². The SMILES string of the molecule is O=S1(=O)CCN(Cc2ccc(-c3cccc4nc(Nc5cnn(C(F)F)c5)nn34)cc2)CC1. The van der Waals surface area contributed by atoms with Crippen LogP contribution in [0.5, 0.6) is 0 Å². The topological polar surface area (TPSA) is 97.4 Å². The summed E-state index contributed by atoms with van der Waals surface area (Å²) in [5.74, 6) is 0.685. The Hall–Kier alpha value is -3.38. The average Bonchev–Trinajstić information content (AvgIpc) is 3.42. The molecule has 0 spiro atoms. The third-order valence-electron chi connectivity index (χ3n) is 5.51. The molecule has 33 heavy (non-hydrogen) atoms. The van der Waals surface area contributed by atoms with Gasteiger partial charge in [0.2, 0.25) is 5.95 Å². The largest absolute Gasteiger partial charge is 0.333 e. The monoisotopic (exact) mass is 473 g/mol. The Labute approximate surface area is 188 Å². The predicted molar refractivity (Wildman–Crippen MR) is 119 cm³/mol. The molecule has 1 aliphatic rings. The Kier molecular flexibility index (Phi) is 5.54. The Morgan fingerprint density at radius 3 is 2.52 bits per heavy atom. The zero-order valence-electron chi connectivity index (χ0n) is 17.5. The van der Waals surface area contributed by atoms with E-state index >= 15 is 0 Å². The van der Waals surface area contributed by atoms with E-state index in [0.717, 1.165) is 16.8 Å². The molecule has 1 aromatic carbocycles. The number of hydrogen-bond donors (Lipinski definition) is 1. The molecule has 1 N–H and O–H groups in total. The zero-order valence-corrected chi connectivity index (χ0v) is 18.3. The van der Waals surface area contributed by atoms with Crippen molar-refractivity contribution in [1.29, 1.82) is 0 Å². The van der Waals surface area contributed by atoms with Gasteiger partial charge in [0.05, 0.1) is 35.3 Å². The van der Waals surface area contributed by atoms with Crippen molar-refractivity contribution >= 4 is 27.1 Å². The van der Waals surface area contributed by atoms with Gasteiger partial charge in [-0.2, -0.15) is 18.9 Å². The Morgan fingerprint density at radius 1 is 1.06 bits per heavy atom. The number of rotatable bonds is 6. The van der Waals surface area contributed by atoms with E-state index in [2.05, 4.69) is 25.4 Å². The van der Waals surface area contributed by atoms with Gasteiger partial charge in [-0.15, -0.1) is 5.10 Å². The fourth-order valence-electron chi connectivity index (χ4n) is 3.76. The average molecular weight is 474 g/mol. The van der Waals surface area contributed by atoms with Crippen LogP contribution in [0.3, 0.4) is 0 Å². The van der Waals surface area contributed by atoms with Crippen molar-refractivity contribution in [2.75, 3.05) is 29.9 Å². The number of nitrogens with zero attached hydrogens (tertiary/aromatic N) is 6. The van der Waals surface area contributed by atoms with E-state index in [-0.39, 0.29) is 17.5 Å². The first-order chi connectivity index (χ1) is 15.9. The van der Waals surface area contributed by atoms with Gasteiger partial charge in [-0.1, -0.05) is 30.3 Å². The van der Waals surface area contributed by atoms with E-state index in [9.17, 15) is 17.2 Å². The van der Waals surface area contributed by atoms with Crippen molar-refractivity contribution in [1.82, 2.24) is 29.3 Å². The zero-order chi connectivity index (χ0) is 23.0. The molecule has 0 saturated carbocycles. The quantitative estimate of drug-likeness (QED) is 0.460. The highest BCUT2D eigenvalue weighted by molar-refractivity contribution is 7.91. The maximum atomic E-state index is 12.7. The van der Waals surface area contributed by atoms with Crippen LogP contribution in [-0.2, 0) is 16.4 Å². The fraction of sp³-hybridized carbons (Fsp3) is 0.286. The Bertz CT molecular complexity index is 1370. The lowest BCUT2D eigenvalue weighted by atomic mass is 10.1. The number of fused-ring (bicyclic) bond motifs is 1. The smallest absolute Gasteiger partial charge is 0.320 e. The summed E-state index contributed by atoms with van der Waals surface area (Å²) in [4.78, 5) is 6.56. The Morgan fingerprint density at radius 2 is 1.82 bits per heavy atom. The second-order valence-corrected chi connectivity index (χ2v) is 10.2. The molecule has 172 valence electrons. The lowest BCUT2D eigenvalue weighted by molar-refractivity contribution is 0.0566. The van der Waals surface area contributed by atoms with Crippen LogP contribution < -0.4 is 5.32 Å². The van der Waals surface area contributed by atoms with Gasteiger partial charge in [0.1, 0.15) is 0 Å². The minimum absolute atomic E-state index is 0.207. The maximum Gasteiger partial charge on any atom is 0.333 e. The van der Waals surface area contributed by atoms with Gasteiger partial charge in [-0.3, -0.25) is 4.90 Å². The summed E-state index contributed by atoms with van der Waals surface area (Å²) in [6, 6.07) is 13.6. The van der Waals surface area contributed by atoms with Crippen LogP contribution in [0.25, 0.3) is 16.9 Å². The molecule has 3 aromatic heterocycles. The standard InChI is InChI=1S/C21H21F2N7O2S/c22-20(23)29-14-17(12-24-29)25-21-26-19-3-1-2-18(30(19)27-21)16-6-4-15(5-7-16)13-28-8-10-33(31,32)11-9-28/h1-7,12,14,20H,8-11,13H2,(H,25,27). The number of aromatic nitrogens is 5. The first-order valence-corrected chi connectivity index (χ1v) is 12.2. The van der Waals surface area contributed by atoms with E-state index in [1.807, 2.05) is 42.5 Å². The number of hydrogen-bond acceptors (Lipinski definition) is 7. The first-order valence-electron chi connectivity index (χ1n) is 10.3. The molecular formula is C21H21F2N7O2S. The van der Waals surface area contributed by atoms with E-state index in [0.29, 0.717) is 35.7 Å². The first kappa shape index (κ1) is 21.5. The summed E-state index contributed by atoms with van der Waals surface area (Å²) in [7, 11) is -2.89. The number of halogens is 2. The molecule has 0 radical (unpaired) electrons. The molecule has 0 amide bonds. The molecule has 1 fully saturated rings. The summed E-state index contributed by atoms with van der Waals surface area (Å²) >= 11 is 0. The molecule has 0 aliphatic carbocycles. The van der Waals surface area contributed by atoms with E-state index in [1.165, 1.54) is 12.4 Å². The van der Waals surface area contributed by atoms with Gasteiger partial charge in [-0.25, -0.2) is 17.6 Å². The number of anilines is 2. The molecule has 9 nitrogen and oxygen atoms in total. The van der Waals surface area contributed by atoms with Crippen molar-refractivity contribution in [2.45, 2.75) is 13.1 Å². The molecule has 4 heterocycles. The lowest BCUT2D eigenvalue weighted by Crippen LogP contribution is -2.39. The van der Waals surface area contributed by atoms with Crippen molar-refractivity contribution in [3.05, 3.63) is 60.4 Å². The van der Waals surface area contributed by atoms with Gasteiger partial charge in [0.15, 0.2) is 15.5 Å². The van der Waals surface area contributed by atoms with Crippen LogP contribution in [0.1, 0.15) is 12.1 Å². The summed E-state index contributed by atoms with van der Waals surface area (Å²) < 4.78 is 50.9. The second-order valence-electron chi connectivity index (χ2n) is 7.85. The third-order valence-corrected chi connectivity index (χ3v) is 7.12. The van der Waals surface area contributed by atoms with Crippen LogP contribution in [0, 0.1) is 0 Å². The van der Waals surface area contributed by atoms with Gasteiger partial charge < -0.3 is 5.32 Å². The normalized spacial score (nSPS) is 16.5. The van der Waals surface area contributed by atoms with Gasteiger partial charge >= 0.3 is 6.55 Å².